The Morgan fingerprint density at radius 1 is 1.07 bits per heavy atom. The average Bonchev–Trinajstić information content (AvgIpc) is 3.26. The zero-order valence-corrected chi connectivity index (χ0v) is 25.2. The number of methoxy groups -OCH3 is 1. The number of likely N-dealkylation sites (tertiary alicyclic amines) is 2. The summed E-state index contributed by atoms with van der Waals surface area (Å²) in [6.45, 7) is 0.169. The highest BCUT2D eigenvalue weighted by Crippen LogP contribution is 2.65. The molecule has 1 aromatic carbocycles. The number of ether oxygens (including phenoxy) is 1. The number of hydrogen-bond donors (Lipinski definition) is 2. The molecule has 2 heterocycles. The van der Waals surface area contributed by atoms with Gasteiger partial charge in [0.25, 0.3) is 11.8 Å². The van der Waals surface area contributed by atoms with Gasteiger partial charge in [-0.05, 0) is 49.3 Å². The van der Waals surface area contributed by atoms with Crippen molar-refractivity contribution in [3.8, 4) is 11.5 Å². The van der Waals surface area contributed by atoms with E-state index >= 15 is 0 Å². The fraction of sp³-hybridized carbons (Fsp3) is 0.536. The van der Waals surface area contributed by atoms with Crippen LogP contribution in [0.2, 0.25) is 0 Å². The molecule has 0 bridgehead atoms. The number of aromatic hydroxyl groups is 1. The molecule has 41 heavy (non-hydrogen) atoms. The van der Waals surface area contributed by atoms with Crippen LogP contribution in [0, 0.1) is 17.8 Å². The highest BCUT2D eigenvalue weighted by atomic mass is 79.9. The van der Waals surface area contributed by atoms with Gasteiger partial charge in [0.05, 0.1) is 24.4 Å². The van der Waals surface area contributed by atoms with E-state index in [-0.39, 0.29) is 54.6 Å². The molecule has 4 aliphatic rings. The molecule has 10 nitrogen and oxygen atoms in total. The number of carboxylic acid groups (broad SMARTS) is 1. The number of carbonyl (C=O) groups excluding carboxylic acids is 4. The van der Waals surface area contributed by atoms with Crippen molar-refractivity contribution in [2.75, 3.05) is 19.1 Å². The number of rotatable bonds is 9. The van der Waals surface area contributed by atoms with E-state index in [2.05, 4.69) is 15.9 Å². The minimum atomic E-state index is -1.95. The number of imide groups is 2. The van der Waals surface area contributed by atoms with Crippen LogP contribution in [-0.2, 0) is 24.0 Å². The number of fused-ring (bicyclic) bond motifs is 4. The largest absolute Gasteiger partial charge is 0.504 e. The number of alkyl halides is 3. The van der Waals surface area contributed by atoms with Crippen molar-refractivity contribution in [3.05, 3.63) is 35.4 Å². The third-order valence-corrected chi connectivity index (χ3v) is 10.8. The molecule has 0 radical (unpaired) electrons. The van der Waals surface area contributed by atoms with Crippen LogP contribution in [0.4, 0.5) is 0 Å². The summed E-state index contributed by atoms with van der Waals surface area (Å²) in [4.78, 5) is 63.7. The number of phenolic OH excluding ortho intramolecular Hbond substituents is 1. The first-order chi connectivity index (χ1) is 19.4. The Balaban J connectivity index is 1.55. The maximum atomic E-state index is 13.8. The molecule has 0 spiro atoms. The van der Waals surface area contributed by atoms with Gasteiger partial charge in [-0.1, -0.05) is 40.1 Å². The predicted octanol–water partition coefficient (Wildman–Crippen LogP) is 3.76. The van der Waals surface area contributed by atoms with E-state index in [4.69, 9.17) is 33.0 Å². The summed E-state index contributed by atoms with van der Waals surface area (Å²) in [5.74, 6) is -6.04. The van der Waals surface area contributed by atoms with Crippen molar-refractivity contribution in [2.45, 2.75) is 54.2 Å². The Bertz CT molecular complexity index is 1370. The van der Waals surface area contributed by atoms with Crippen molar-refractivity contribution < 1.29 is 38.9 Å². The number of benzene rings is 1. The Morgan fingerprint density at radius 3 is 2.44 bits per heavy atom. The number of halogens is 3. The molecule has 220 valence electrons. The zero-order valence-electron chi connectivity index (χ0n) is 22.1. The van der Waals surface area contributed by atoms with Crippen LogP contribution in [-0.4, -0.2) is 78.5 Å². The topological polar surface area (TPSA) is 142 Å². The van der Waals surface area contributed by atoms with Crippen LogP contribution in [0.25, 0.3) is 0 Å². The fourth-order valence-electron chi connectivity index (χ4n) is 7.02. The van der Waals surface area contributed by atoms with E-state index in [1.165, 1.54) is 24.1 Å². The maximum absolute atomic E-state index is 13.8. The standard InChI is InChI=1S/C28H29BrCl2N2O8/c1-41-19-9-6-14(11-18(19)34)22-15-7-8-16-21(24(38)32(23(16)37)10-4-2-3-5-20(35)36)17(15)12-27(30)25(39)33(13-29)26(40)28(22,27)31/h6-7,9,11,16-17,21-22,34H,2-5,8,10,12-13H2,1H3,(H,35,36)/t16-,17+,21-,22-,27+,28-/m0/s1. The summed E-state index contributed by atoms with van der Waals surface area (Å²) in [6, 6.07) is 4.58. The monoisotopic (exact) mass is 670 g/mol. The Labute approximate surface area is 254 Å². The molecule has 1 aromatic rings. The molecule has 13 heteroatoms. The fourth-order valence-corrected chi connectivity index (χ4v) is 8.45. The molecule has 2 saturated heterocycles. The Morgan fingerprint density at radius 2 is 1.80 bits per heavy atom. The normalized spacial score (nSPS) is 32.5. The van der Waals surface area contributed by atoms with E-state index in [9.17, 15) is 29.1 Å². The second-order valence-electron chi connectivity index (χ2n) is 11.0. The molecule has 4 amide bonds. The number of amides is 4. The predicted molar refractivity (Wildman–Crippen MR) is 151 cm³/mol. The summed E-state index contributed by atoms with van der Waals surface area (Å²) in [5.41, 5.74) is 0.920. The number of nitrogens with zero attached hydrogens (tertiary/aromatic N) is 2. The van der Waals surface area contributed by atoms with Gasteiger partial charge in [0.15, 0.2) is 21.2 Å². The van der Waals surface area contributed by atoms with Crippen LogP contribution in [0.3, 0.4) is 0 Å². The molecule has 1 saturated carbocycles. The maximum Gasteiger partial charge on any atom is 0.303 e. The van der Waals surface area contributed by atoms with E-state index < -0.39 is 51.2 Å². The molecule has 6 atom stereocenters. The van der Waals surface area contributed by atoms with E-state index in [1.807, 2.05) is 6.08 Å². The van der Waals surface area contributed by atoms with Gasteiger partial charge in [-0.15, -0.1) is 23.2 Å². The second kappa shape index (κ2) is 10.9. The molecule has 2 aliphatic heterocycles. The Kier molecular flexibility index (Phi) is 7.93. The molecule has 2 aliphatic carbocycles. The molecule has 0 unspecified atom stereocenters. The minimum absolute atomic E-state index is 0.0148. The SMILES string of the molecule is COc1ccc([C@H]2C3=CC[C@@H]4C(=O)N(CCCCCC(=O)O)C(=O)[C@@H]4[C@@H]3C[C@@]3(Cl)C(=O)N(CBr)C(=O)[C@@]23Cl)cc1O. The molecule has 3 fully saturated rings. The van der Waals surface area contributed by atoms with Gasteiger partial charge in [0.1, 0.15) is 0 Å². The van der Waals surface area contributed by atoms with Crippen LogP contribution < -0.4 is 4.74 Å². The summed E-state index contributed by atoms with van der Waals surface area (Å²) < 4.78 is 5.18. The van der Waals surface area contributed by atoms with Crippen molar-refractivity contribution >= 4 is 68.7 Å². The van der Waals surface area contributed by atoms with Crippen molar-refractivity contribution in [1.82, 2.24) is 9.80 Å². The number of phenols is 1. The first kappa shape index (κ1) is 29.8. The van der Waals surface area contributed by atoms with Gasteiger partial charge >= 0.3 is 5.97 Å². The Hall–Kier alpha value is -2.63. The van der Waals surface area contributed by atoms with Crippen LogP contribution >= 0.6 is 39.1 Å². The van der Waals surface area contributed by atoms with Gasteiger partial charge < -0.3 is 14.9 Å². The first-order valence-electron chi connectivity index (χ1n) is 13.4. The number of unbranched alkanes of at least 4 members (excludes halogenated alkanes) is 2. The highest BCUT2D eigenvalue weighted by molar-refractivity contribution is 9.09. The van der Waals surface area contributed by atoms with Crippen LogP contribution in [0.15, 0.2) is 29.8 Å². The summed E-state index contributed by atoms with van der Waals surface area (Å²) in [6.07, 6.45) is 3.42. The van der Waals surface area contributed by atoms with E-state index in [1.54, 1.807) is 6.07 Å². The van der Waals surface area contributed by atoms with Gasteiger partial charge in [-0.25, -0.2) is 0 Å². The highest BCUT2D eigenvalue weighted by Gasteiger charge is 2.76. The average molecular weight is 672 g/mol. The lowest BCUT2D eigenvalue weighted by Gasteiger charge is -2.50. The number of hydrogen-bond acceptors (Lipinski definition) is 7. The number of carbonyl (C=O) groups is 5. The molecule has 5 rings (SSSR count). The van der Waals surface area contributed by atoms with Gasteiger partial charge in [0, 0.05) is 18.9 Å². The van der Waals surface area contributed by atoms with Crippen LogP contribution in [0.5, 0.6) is 11.5 Å². The lowest BCUT2D eigenvalue weighted by Crippen LogP contribution is -2.60. The van der Waals surface area contributed by atoms with E-state index in [0.717, 1.165) is 4.90 Å². The molecular formula is C28H29BrCl2N2O8. The van der Waals surface area contributed by atoms with E-state index in [0.29, 0.717) is 30.4 Å². The molecular weight excluding hydrogens is 643 g/mol. The van der Waals surface area contributed by atoms with Crippen molar-refractivity contribution in [3.63, 3.8) is 0 Å². The van der Waals surface area contributed by atoms with Crippen LogP contribution in [0.1, 0.15) is 50.0 Å². The first-order valence-corrected chi connectivity index (χ1v) is 15.2. The second-order valence-corrected chi connectivity index (χ2v) is 12.7. The minimum Gasteiger partial charge on any atom is -0.504 e. The quantitative estimate of drug-likeness (QED) is 0.133. The van der Waals surface area contributed by atoms with Gasteiger partial charge in [-0.2, -0.15) is 0 Å². The summed E-state index contributed by atoms with van der Waals surface area (Å²) >= 11 is 17.5. The number of carboxylic acids is 1. The van der Waals surface area contributed by atoms with Crippen molar-refractivity contribution in [2.24, 2.45) is 17.8 Å². The third-order valence-electron chi connectivity index (χ3n) is 8.91. The molecule has 2 N–H and O–H groups in total. The van der Waals surface area contributed by atoms with Gasteiger partial charge in [0.2, 0.25) is 11.8 Å². The number of allylic oxidation sites excluding steroid dienone is 2. The summed E-state index contributed by atoms with van der Waals surface area (Å²) in [7, 11) is 1.40. The van der Waals surface area contributed by atoms with Crippen molar-refractivity contribution in [1.29, 1.82) is 0 Å². The number of aliphatic carboxylic acids is 1. The third kappa shape index (κ3) is 4.38. The smallest absolute Gasteiger partial charge is 0.303 e. The lowest BCUT2D eigenvalue weighted by molar-refractivity contribution is -0.141. The lowest BCUT2D eigenvalue weighted by atomic mass is 9.56. The molecule has 0 aromatic heterocycles. The zero-order chi connectivity index (χ0) is 29.9. The summed E-state index contributed by atoms with van der Waals surface area (Å²) in [5, 5.41) is 19.5. The van der Waals surface area contributed by atoms with Gasteiger partial charge in [-0.3, -0.25) is 33.8 Å².